The van der Waals surface area contributed by atoms with Gasteiger partial charge in [0.15, 0.2) is 5.82 Å². The van der Waals surface area contributed by atoms with Gasteiger partial charge in [0.05, 0.1) is 17.3 Å². The lowest BCUT2D eigenvalue weighted by molar-refractivity contribution is -0.115. The number of amides is 1. The summed E-state index contributed by atoms with van der Waals surface area (Å²) in [5.41, 5.74) is 0. The number of nitrogens with zero attached hydrogens (tertiary/aromatic N) is 1. The van der Waals surface area contributed by atoms with Crippen molar-refractivity contribution in [2.75, 3.05) is 12.4 Å². The summed E-state index contributed by atoms with van der Waals surface area (Å²) in [6.07, 6.45) is 0.700. The predicted molar refractivity (Wildman–Crippen MR) is 82.8 cm³/mol. The number of methoxy groups -OCH3 is 1. The summed E-state index contributed by atoms with van der Waals surface area (Å²) >= 11 is 1.48. The Morgan fingerprint density at radius 1 is 1.48 bits per heavy atom. The van der Waals surface area contributed by atoms with Crippen LogP contribution >= 0.6 is 11.8 Å². The van der Waals surface area contributed by atoms with Crippen LogP contribution in [0.25, 0.3) is 0 Å². The summed E-state index contributed by atoms with van der Waals surface area (Å²) < 4.78 is 10.3. The van der Waals surface area contributed by atoms with E-state index in [1.165, 1.54) is 11.8 Å². The van der Waals surface area contributed by atoms with Crippen LogP contribution in [-0.4, -0.2) is 23.4 Å². The van der Waals surface area contributed by atoms with Crippen molar-refractivity contribution in [1.29, 1.82) is 0 Å². The molecular formula is C15H18N2O3S. The molecule has 1 atom stereocenters. The molecule has 1 aromatic heterocycles. The first kappa shape index (κ1) is 15.4. The summed E-state index contributed by atoms with van der Waals surface area (Å²) in [5, 5.41) is 6.31. The van der Waals surface area contributed by atoms with Crippen molar-refractivity contribution in [3.8, 4) is 5.75 Å². The van der Waals surface area contributed by atoms with Gasteiger partial charge >= 0.3 is 0 Å². The normalized spacial score (nSPS) is 12.0. The molecule has 6 heteroatoms. The van der Waals surface area contributed by atoms with Crippen molar-refractivity contribution in [2.45, 2.75) is 30.4 Å². The van der Waals surface area contributed by atoms with Gasteiger partial charge in [-0.15, -0.1) is 11.8 Å². The Kier molecular flexibility index (Phi) is 5.27. The minimum atomic E-state index is -0.224. The van der Waals surface area contributed by atoms with Crippen LogP contribution in [0.1, 0.15) is 19.1 Å². The van der Waals surface area contributed by atoms with Crippen molar-refractivity contribution in [3.05, 3.63) is 36.1 Å². The van der Waals surface area contributed by atoms with Gasteiger partial charge in [0.2, 0.25) is 5.91 Å². The van der Waals surface area contributed by atoms with Gasteiger partial charge in [-0.25, -0.2) is 0 Å². The van der Waals surface area contributed by atoms with E-state index in [9.17, 15) is 4.79 Å². The van der Waals surface area contributed by atoms with Crippen LogP contribution in [0.5, 0.6) is 5.75 Å². The number of carbonyl (C=O) groups excluding carboxylic acids is 1. The molecule has 5 nitrogen and oxygen atoms in total. The van der Waals surface area contributed by atoms with E-state index in [1.807, 2.05) is 31.2 Å². The van der Waals surface area contributed by atoms with E-state index in [4.69, 9.17) is 9.26 Å². The minimum absolute atomic E-state index is 0.0956. The summed E-state index contributed by atoms with van der Waals surface area (Å²) in [6.45, 7) is 3.75. The molecule has 0 spiro atoms. The van der Waals surface area contributed by atoms with E-state index in [0.29, 0.717) is 18.0 Å². The van der Waals surface area contributed by atoms with Crippen LogP contribution in [0.4, 0.5) is 5.82 Å². The molecule has 0 radical (unpaired) electrons. The molecule has 1 N–H and O–H groups in total. The van der Waals surface area contributed by atoms with Gasteiger partial charge in [-0.1, -0.05) is 24.2 Å². The fraction of sp³-hybridized carbons (Fsp3) is 0.333. The second kappa shape index (κ2) is 7.17. The molecule has 21 heavy (non-hydrogen) atoms. The first-order valence-corrected chi connectivity index (χ1v) is 7.56. The van der Waals surface area contributed by atoms with Crippen LogP contribution < -0.4 is 10.1 Å². The molecule has 0 aliphatic rings. The number of anilines is 1. The van der Waals surface area contributed by atoms with Crippen LogP contribution in [0.15, 0.2) is 39.8 Å². The molecule has 0 aliphatic heterocycles. The first-order valence-electron chi connectivity index (χ1n) is 6.68. The monoisotopic (exact) mass is 306 g/mol. The van der Waals surface area contributed by atoms with Gasteiger partial charge in [-0.2, -0.15) is 0 Å². The summed E-state index contributed by atoms with van der Waals surface area (Å²) in [5.74, 6) is 1.78. The molecule has 0 saturated heterocycles. The van der Waals surface area contributed by atoms with Gasteiger partial charge in [-0.05, 0) is 25.5 Å². The number of rotatable bonds is 6. The number of hydrogen-bond acceptors (Lipinski definition) is 5. The minimum Gasteiger partial charge on any atom is -0.496 e. The van der Waals surface area contributed by atoms with E-state index in [-0.39, 0.29) is 11.2 Å². The fourth-order valence-corrected chi connectivity index (χ4v) is 2.89. The van der Waals surface area contributed by atoms with Gasteiger partial charge in [0.25, 0.3) is 0 Å². The Bertz CT molecular complexity index is 612. The highest BCUT2D eigenvalue weighted by Crippen LogP contribution is 2.33. The maximum absolute atomic E-state index is 12.3. The summed E-state index contributed by atoms with van der Waals surface area (Å²) in [7, 11) is 1.62. The number of ether oxygens (including phenoxy) is 1. The molecule has 112 valence electrons. The van der Waals surface area contributed by atoms with Crippen LogP contribution in [0, 0.1) is 6.92 Å². The van der Waals surface area contributed by atoms with Gasteiger partial charge < -0.3 is 14.6 Å². The van der Waals surface area contributed by atoms with Crippen molar-refractivity contribution in [3.63, 3.8) is 0 Å². The second-order valence-electron chi connectivity index (χ2n) is 4.48. The number of carbonyl (C=O) groups is 1. The largest absolute Gasteiger partial charge is 0.496 e. The number of para-hydroxylation sites is 1. The number of hydrogen-bond donors (Lipinski definition) is 1. The number of benzene rings is 1. The number of aryl methyl sites for hydroxylation is 1. The molecular weight excluding hydrogens is 288 g/mol. The number of thioether (sulfide) groups is 1. The zero-order chi connectivity index (χ0) is 15.2. The average molecular weight is 306 g/mol. The summed E-state index contributed by atoms with van der Waals surface area (Å²) in [6, 6.07) is 9.35. The van der Waals surface area contributed by atoms with E-state index >= 15 is 0 Å². The smallest absolute Gasteiger partial charge is 0.239 e. The maximum Gasteiger partial charge on any atom is 0.239 e. The standard InChI is InChI=1S/C15H18N2O3S/c1-4-12(15(18)16-14-9-10(2)20-17-14)21-13-8-6-5-7-11(13)19-3/h5-9,12H,4H2,1-3H3,(H,16,17,18)/t12-/m0/s1. The van der Waals surface area contributed by atoms with Crippen molar-refractivity contribution in [1.82, 2.24) is 5.16 Å². The molecule has 0 unspecified atom stereocenters. The third kappa shape index (κ3) is 4.01. The average Bonchev–Trinajstić information content (AvgIpc) is 2.90. The molecule has 2 rings (SSSR count). The molecule has 2 aromatic rings. The lowest BCUT2D eigenvalue weighted by Crippen LogP contribution is -2.24. The maximum atomic E-state index is 12.3. The van der Waals surface area contributed by atoms with E-state index < -0.39 is 0 Å². The Morgan fingerprint density at radius 3 is 2.86 bits per heavy atom. The Labute approximate surface area is 128 Å². The molecule has 1 amide bonds. The van der Waals surface area contributed by atoms with E-state index in [1.54, 1.807) is 20.1 Å². The lowest BCUT2D eigenvalue weighted by Gasteiger charge is -2.15. The number of nitrogens with one attached hydrogen (secondary N) is 1. The molecule has 1 aromatic carbocycles. The highest BCUT2D eigenvalue weighted by Gasteiger charge is 2.20. The summed E-state index contributed by atoms with van der Waals surface area (Å²) in [4.78, 5) is 13.2. The Hall–Kier alpha value is -1.95. The van der Waals surface area contributed by atoms with Crippen molar-refractivity contribution in [2.24, 2.45) is 0 Å². The molecule has 0 aliphatic carbocycles. The van der Waals surface area contributed by atoms with Gasteiger partial charge in [0.1, 0.15) is 11.5 Å². The fourth-order valence-electron chi connectivity index (χ4n) is 1.82. The van der Waals surface area contributed by atoms with E-state index in [2.05, 4.69) is 10.5 Å². The molecule has 1 heterocycles. The highest BCUT2D eigenvalue weighted by atomic mass is 32.2. The van der Waals surface area contributed by atoms with Gasteiger partial charge in [-0.3, -0.25) is 4.79 Å². The van der Waals surface area contributed by atoms with Gasteiger partial charge in [0, 0.05) is 6.07 Å². The number of aromatic nitrogens is 1. The Balaban J connectivity index is 2.06. The van der Waals surface area contributed by atoms with Crippen LogP contribution in [0.3, 0.4) is 0 Å². The SMILES string of the molecule is CC[C@H](Sc1ccccc1OC)C(=O)Nc1cc(C)on1. The van der Waals surface area contributed by atoms with E-state index in [0.717, 1.165) is 10.6 Å². The first-order chi connectivity index (χ1) is 10.1. The quantitative estimate of drug-likeness (QED) is 0.827. The van der Waals surface area contributed by atoms with Crippen LogP contribution in [0.2, 0.25) is 0 Å². The molecule has 0 saturated carbocycles. The Morgan fingerprint density at radius 2 is 2.24 bits per heavy atom. The zero-order valence-corrected chi connectivity index (χ0v) is 13.1. The van der Waals surface area contributed by atoms with Crippen molar-refractivity contribution >= 4 is 23.5 Å². The highest BCUT2D eigenvalue weighted by molar-refractivity contribution is 8.00. The lowest BCUT2D eigenvalue weighted by atomic mass is 10.3. The second-order valence-corrected chi connectivity index (χ2v) is 5.72. The molecule has 0 fully saturated rings. The molecule has 0 bridgehead atoms. The van der Waals surface area contributed by atoms with Crippen LogP contribution in [-0.2, 0) is 4.79 Å². The van der Waals surface area contributed by atoms with Crippen molar-refractivity contribution < 1.29 is 14.1 Å². The predicted octanol–water partition coefficient (Wildman–Crippen LogP) is 3.50. The topological polar surface area (TPSA) is 64.4 Å². The third-order valence-electron chi connectivity index (χ3n) is 2.88. The zero-order valence-electron chi connectivity index (χ0n) is 12.3. The third-order valence-corrected chi connectivity index (χ3v) is 4.30.